The standard InChI is InChI=1S/C17H20N4O/c18-12-4-7-14-11(10-12)2-1-3-15(14)20-16-17(22)21(9-8-19-16)13-5-6-13/h4,7-10,13,15H,1-3,5-6,18H2,(H,19,20). The number of rotatable bonds is 3. The van der Waals surface area contributed by atoms with E-state index < -0.39 is 0 Å². The summed E-state index contributed by atoms with van der Waals surface area (Å²) in [6.45, 7) is 0. The highest BCUT2D eigenvalue weighted by Crippen LogP contribution is 2.34. The molecule has 1 aromatic carbocycles. The van der Waals surface area contributed by atoms with Gasteiger partial charge in [0.25, 0.3) is 5.56 Å². The second kappa shape index (κ2) is 5.16. The molecule has 1 aromatic heterocycles. The van der Waals surface area contributed by atoms with Crippen molar-refractivity contribution in [2.45, 2.75) is 44.2 Å². The molecule has 1 fully saturated rings. The van der Waals surface area contributed by atoms with E-state index >= 15 is 0 Å². The van der Waals surface area contributed by atoms with Gasteiger partial charge in [0.1, 0.15) is 0 Å². The van der Waals surface area contributed by atoms with E-state index in [2.05, 4.69) is 16.4 Å². The molecule has 1 saturated carbocycles. The summed E-state index contributed by atoms with van der Waals surface area (Å²) in [6.07, 6.45) is 8.85. The third-order valence-corrected chi connectivity index (χ3v) is 4.60. The van der Waals surface area contributed by atoms with Crippen molar-refractivity contribution in [1.82, 2.24) is 9.55 Å². The SMILES string of the molecule is Nc1ccc2c(c1)CCCC2Nc1nccn(C2CC2)c1=O. The van der Waals surface area contributed by atoms with Crippen LogP contribution in [0.25, 0.3) is 0 Å². The number of nitrogens with one attached hydrogen (secondary N) is 1. The quantitative estimate of drug-likeness (QED) is 0.854. The van der Waals surface area contributed by atoms with Gasteiger partial charge in [-0.25, -0.2) is 4.98 Å². The Balaban J connectivity index is 1.65. The second-order valence-corrected chi connectivity index (χ2v) is 6.27. The van der Waals surface area contributed by atoms with Gasteiger partial charge in [0.15, 0.2) is 5.82 Å². The Morgan fingerprint density at radius 2 is 2.14 bits per heavy atom. The Kier molecular flexibility index (Phi) is 3.13. The van der Waals surface area contributed by atoms with Crippen molar-refractivity contribution < 1.29 is 0 Å². The number of hydrogen-bond donors (Lipinski definition) is 2. The summed E-state index contributed by atoms with van der Waals surface area (Å²) in [5.41, 5.74) is 9.19. The van der Waals surface area contributed by atoms with Crippen LogP contribution in [0, 0.1) is 0 Å². The van der Waals surface area contributed by atoms with Crippen LogP contribution in [-0.2, 0) is 6.42 Å². The lowest BCUT2D eigenvalue weighted by molar-refractivity contribution is 0.595. The van der Waals surface area contributed by atoms with E-state index in [1.165, 1.54) is 11.1 Å². The maximum Gasteiger partial charge on any atom is 0.293 e. The topological polar surface area (TPSA) is 72.9 Å². The second-order valence-electron chi connectivity index (χ2n) is 6.27. The number of nitrogen functional groups attached to an aromatic ring is 1. The van der Waals surface area contributed by atoms with Gasteiger partial charge < -0.3 is 15.6 Å². The predicted octanol–water partition coefficient (Wildman–Crippen LogP) is 2.65. The molecule has 0 saturated heterocycles. The first-order valence-electron chi connectivity index (χ1n) is 7.94. The third kappa shape index (κ3) is 2.36. The molecule has 1 unspecified atom stereocenters. The van der Waals surface area contributed by atoms with Gasteiger partial charge >= 0.3 is 0 Å². The van der Waals surface area contributed by atoms with Crippen molar-refractivity contribution in [2.75, 3.05) is 11.1 Å². The molecule has 0 amide bonds. The molecule has 5 nitrogen and oxygen atoms in total. The number of hydrogen-bond acceptors (Lipinski definition) is 4. The largest absolute Gasteiger partial charge is 0.399 e. The molecule has 1 heterocycles. The molecule has 4 rings (SSSR count). The highest BCUT2D eigenvalue weighted by molar-refractivity contribution is 5.49. The maximum absolute atomic E-state index is 12.5. The van der Waals surface area contributed by atoms with Crippen molar-refractivity contribution in [3.63, 3.8) is 0 Å². The fourth-order valence-electron chi connectivity index (χ4n) is 3.31. The van der Waals surface area contributed by atoms with E-state index in [9.17, 15) is 4.79 Å². The number of nitrogens with two attached hydrogens (primary N) is 1. The molecule has 3 N–H and O–H groups in total. The zero-order chi connectivity index (χ0) is 15.1. The van der Waals surface area contributed by atoms with E-state index in [0.29, 0.717) is 11.9 Å². The van der Waals surface area contributed by atoms with Gasteiger partial charge in [-0.1, -0.05) is 6.07 Å². The highest BCUT2D eigenvalue weighted by Gasteiger charge is 2.26. The number of benzene rings is 1. The van der Waals surface area contributed by atoms with Gasteiger partial charge in [-0.3, -0.25) is 4.79 Å². The van der Waals surface area contributed by atoms with E-state index in [1.807, 2.05) is 16.7 Å². The molecule has 5 heteroatoms. The van der Waals surface area contributed by atoms with E-state index in [0.717, 1.165) is 37.8 Å². The predicted molar refractivity (Wildman–Crippen MR) is 86.9 cm³/mol. The molecular weight excluding hydrogens is 276 g/mol. The lowest BCUT2D eigenvalue weighted by Gasteiger charge is -2.27. The fourth-order valence-corrected chi connectivity index (χ4v) is 3.31. The van der Waals surface area contributed by atoms with E-state index in [-0.39, 0.29) is 11.6 Å². The van der Waals surface area contributed by atoms with Crippen LogP contribution in [-0.4, -0.2) is 9.55 Å². The number of fused-ring (bicyclic) bond motifs is 1. The summed E-state index contributed by atoms with van der Waals surface area (Å²) in [7, 11) is 0. The summed E-state index contributed by atoms with van der Waals surface area (Å²) in [4.78, 5) is 16.8. The van der Waals surface area contributed by atoms with Crippen LogP contribution in [0.4, 0.5) is 11.5 Å². The molecule has 22 heavy (non-hydrogen) atoms. The van der Waals surface area contributed by atoms with Crippen LogP contribution >= 0.6 is 0 Å². The molecule has 2 aliphatic carbocycles. The monoisotopic (exact) mass is 296 g/mol. The molecule has 0 spiro atoms. The van der Waals surface area contributed by atoms with Gasteiger partial charge in [0, 0.05) is 24.1 Å². The Morgan fingerprint density at radius 1 is 1.27 bits per heavy atom. The number of anilines is 2. The Bertz CT molecular complexity index is 763. The minimum absolute atomic E-state index is 0.00688. The minimum atomic E-state index is -0.00688. The number of aromatic nitrogens is 2. The van der Waals surface area contributed by atoms with E-state index in [4.69, 9.17) is 5.73 Å². The molecule has 2 aromatic rings. The molecule has 0 aliphatic heterocycles. The lowest BCUT2D eigenvalue weighted by atomic mass is 9.87. The van der Waals surface area contributed by atoms with Crippen molar-refractivity contribution in [3.05, 3.63) is 52.1 Å². The van der Waals surface area contributed by atoms with Crippen LogP contribution in [0.3, 0.4) is 0 Å². The normalized spacial score (nSPS) is 20.5. The Labute approximate surface area is 129 Å². The van der Waals surface area contributed by atoms with Gasteiger partial charge in [-0.05, 0) is 55.4 Å². The molecule has 2 aliphatic rings. The molecule has 114 valence electrons. The van der Waals surface area contributed by atoms with Crippen LogP contribution in [0.5, 0.6) is 0 Å². The van der Waals surface area contributed by atoms with Crippen molar-refractivity contribution >= 4 is 11.5 Å². The average Bonchev–Trinajstić information content (AvgIpc) is 3.34. The smallest absolute Gasteiger partial charge is 0.293 e. The Morgan fingerprint density at radius 3 is 2.95 bits per heavy atom. The fraction of sp³-hybridized carbons (Fsp3) is 0.412. The Hall–Kier alpha value is -2.30. The summed E-state index contributed by atoms with van der Waals surface area (Å²) >= 11 is 0. The molecular formula is C17H20N4O. The molecule has 0 radical (unpaired) electrons. The lowest BCUT2D eigenvalue weighted by Crippen LogP contribution is -2.27. The van der Waals surface area contributed by atoms with Gasteiger partial charge in [-0.2, -0.15) is 0 Å². The van der Waals surface area contributed by atoms with Gasteiger partial charge in [0.2, 0.25) is 0 Å². The van der Waals surface area contributed by atoms with E-state index in [1.54, 1.807) is 12.4 Å². The van der Waals surface area contributed by atoms with Crippen LogP contribution in [0.15, 0.2) is 35.4 Å². The summed E-state index contributed by atoms with van der Waals surface area (Å²) < 4.78 is 1.81. The first-order chi connectivity index (χ1) is 10.7. The average molecular weight is 296 g/mol. The summed E-state index contributed by atoms with van der Waals surface area (Å²) in [6, 6.07) is 6.56. The van der Waals surface area contributed by atoms with Gasteiger partial charge in [0.05, 0.1) is 6.04 Å². The first-order valence-corrected chi connectivity index (χ1v) is 7.94. The highest BCUT2D eigenvalue weighted by atomic mass is 16.1. The zero-order valence-electron chi connectivity index (χ0n) is 12.5. The van der Waals surface area contributed by atoms with Gasteiger partial charge in [-0.15, -0.1) is 0 Å². The number of aryl methyl sites for hydroxylation is 1. The van der Waals surface area contributed by atoms with Crippen molar-refractivity contribution in [1.29, 1.82) is 0 Å². The summed E-state index contributed by atoms with van der Waals surface area (Å²) in [5.74, 6) is 0.462. The summed E-state index contributed by atoms with van der Waals surface area (Å²) in [5, 5.41) is 3.36. The minimum Gasteiger partial charge on any atom is -0.399 e. The van der Waals surface area contributed by atoms with Crippen molar-refractivity contribution in [2.24, 2.45) is 0 Å². The van der Waals surface area contributed by atoms with Crippen LogP contribution in [0.1, 0.15) is 48.9 Å². The van der Waals surface area contributed by atoms with Crippen LogP contribution < -0.4 is 16.6 Å². The maximum atomic E-state index is 12.5. The van der Waals surface area contributed by atoms with Crippen LogP contribution in [0.2, 0.25) is 0 Å². The third-order valence-electron chi connectivity index (χ3n) is 4.60. The zero-order valence-corrected chi connectivity index (χ0v) is 12.5. The molecule has 0 bridgehead atoms. The van der Waals surface area contributed by atoms with Crippen molar-refractivity contribution in [3.8, 4) is 0 Å². The molecule has 1 atom stereocenters. The first kappa shape index (κ1) is 13.4. The number of nitrogens with zero attached hydrogens (tertiary/aromatic N) is 2.